The Hall–Kier alpha value is -1.82. The number of nitrogens with zero attached hydrogens (tertiary/aromatic N) is 2. The average molecular weight is 344 g/mol. The summed E-state index contributed by atoms with van der Waals surface area (Å²) in [4.78, 5) is 4.90. The number of ether oxygens (including phenoxy) is 2. The van der Waals surface area contributed by atoms with Gasteiger partial charge in [-0.2, -0.15) is 0 Å². The summed E-state index contributed by atoms with van der Waals surface area (Å²) in [6, 6.07) is 12.2. The van der Waals surface area contributed by atoms with E-state index in [0.717, 1.165) is 68.7 Å². The van der Waals surface area contributed by atoms with Crippen LogP contribution in [0.25, 0.3) is 11.3 Å². The van der Waals surface area contributed by atoms with Gasteiger partial charge in [-0.1, -0.05) is 0 Å². The summed E-state index contributed by atoms with van der Waals surface area (Å²) in [6.07, 6.45) is 0. The molecule has 1 saturated heterocycles. The Balaban J connectivity index is 1.52. The Labute approximate surface area is 150 Å². The highest BCUT2D eigenvalue weighted by atomic mass is 16.5. The third-order valence-electron chi connectivity index (χ3n) is 4.57. The van der Waals surface area contributed by atoms with E-state index in [1.165, 1.54) is 0 Å². The SMILES string of the molecule is CCOc1ccc(-c2ccc(CN3CCN(CCOC)CC3)o2)cc1. The summed E-state index contributed by atoms with van der Waals surface area (Å²) < 4.78 is 16.7. The summed E-state index contributed by atoms with van der Waals surface area (Å²) in [5.74, 6) is 2.83. The summed E-state index contributed by atoms with van der Waals surface area (Å²) >= 11 is 0. The van der Waals surface area contributed by atoms with E-state index in [2.05, 4.69) is 21.9 Å². The van der Waals surface area contributed by atoms with Gasteiger partial charge in [-0.15, -0.1) is 0 Å². The largest absolute Gasteiger partial charge is 0.494 e. The minimum absolute atomic E-state index is 0.684. The standard InChI is InChI=1S/C20H28N2O3/c1-3-24-18-6-4-17(5-7-18)20-9-8-19(25-20)16-22-12-10-21(11-13-22)14-15-23-2/h4-9H,3,10-16H2,1-2H3. The van der Waals surface area contributed by atoms with Crippen molar-refractivity contribution in [2.75, 3.05) is 53.0 Å². The molecule has 0 atom stereocenters. The van der Waals surface area contributed by atoms with Crippen LogP contribution < -0.4 is 4.74 Å². The summed E-state index contributed by atoms with van der Waals surface area (Å²) in [7, 11) is 1.76. The van der Waals surface area contributed by atoms with Gasteiger partial charge < -0.3 is 13.9 Å². The first-order chi connectivity index (χ1) is 12.3. The van der Waals surface area contributed by atoms with Gasteiger partial charge in [-0.3, -0.25) is 9.80 Å². The van der Waals surface area contributed by atoms with Crippen LogP contribution in [0.1, 0.15) is 12.7 Å². The number of furan rings is 1. The molecule has 3 rings (SSSR count). The number of hydrogen-bond acceptors (Lipinski definition) is 5. The first-order valence-corrected chi connectivity index (χ1v) is 9.04. The van der Waals surface area contributed by atoms with Gasteiger partial charge in [0, 0.05) is 45.4 Å². The topological polar surface area (TPSA) is 38.1 Å². The Kier molecular flexibility index (Phi) is 6.50. The van der Waals surface area contributed by atoms with Gasteiger partial charge >= 0.3 is 0 Å². The monoisotopic (exact) mass is 344 g/mol. The second-order valence-corrected chi connectivity index (χ2v) is 6.33. The van der Waals surface area contributed by atoms with Crippen molar-refractivity contribution < 1.29 is 13.9 Å². The van der Waals surface area contributed by atoms with Crippen molar-refractivity contribution in [3.05, 3.63) is 42.2 Å². The summed E-state index contributed by atoms with van der Waals surface area (Å²) in [5, 5.41) is 0. The van der Waals surface area contributed by atoms with Crippen LogP contribution in [0, 0.1) is 0 Å². The molecule has 0 aliphatic carbocycles. The fraction of sp³-hybridized carbons (Fsp3) is 0.500. The van der Waals surface area contributed by atoms with Crippen LogP contribution in [0.4, 0.5) is 0 Å². The van der Waals surface area contributed by atoms with E-state index in [9.17, 15) is 0 Å². The molecule has 1 aliphatic rings. The zero-order valence-corrected chi connectivity index (χ0v) is 15.2. The molecule has 0 radical (unpaired) electrons. The lowest BCUT2D eigenvalue weighted by Crippen LogP contribution is -2.46. The fourth-order valence-electron chi connectivity index (χ4n) is 3.11. The van der Waals surface area contributed by atoms with Gasteiger partial charge in [0.1, 0.15) is 17.3 Å². The van der Waals surface area contributed by atoms with Gasteiger partial charge in [0.15, 0.2) is 0 Å². The molecule has 5 nitrogen and oxygen atoms in total. The number of rotatable bonds is 8. The van der Waals surface area contributed by atoms with Crippen LogP contribution in [0.3, 0.4) is 0 Å². The molecule has 0 unspecified atom stereocenters. The average Bonchev–Trinajstić information content (AvgIpc) is 3.10. The van der Waals surface area contributed by atoms with Crippen molar-refractivity contribution in [3.8, 4) is 17.1 Å². The summed E-state index contributed by atoms with van der Waals surface area (Å²) in [5.41, 5.74) is 1.08. The first kappa shape index (κ1) is 18.0. The Morgan fingerprint density at radius 3 is 2.36 bits per heavy atom. The maximum Gasteiger partial charge on any atom is 0.134 e. The van der Waals surface area contributed by atoms with E-state index in [-0.39, 0.29) is 0 Å². The quantitative estimate of drug-likeness (QED) is 0.736. The minimum atomic E-state index is 0.684. The van der Waals surface area contributed by atoms with E-state index in [0.29, 0.717) is 6.61 Å². The molecule has 25 heavy (non-hydrogen) atoms. The lowest BCUT2D eigenvalue weighted by molar-refractivity contribution is 0.0906. The van der Waals surface area contributed by atoms with Crippen molar-refractivity contribution in [3.63, 3.8) is 0 Å². The predicted octanol–water partition coefficient (Wildman–Crippen LogP) is 3.11. The maximum atomic E-state index is 6.05. The Bertz CT molecular complexity index is 631. The van der Waals surface area contributed by atoms with Crippen molar-refractivity contribution in [1.29, 1.82) is 0 Å². The Morgan fingerprint density at radius 2 is 1.68 bits per heavy atom. The van der Waals surface area contributed by atoms with Crippen molar-refractivity contribution in [2.45, 2.75) is 13.5 Å². The van der Waals surface area contributed by atoms with Gasteiger partial charge in [0.2, 0.25) is 0 Å². The van der Waals surface area contributed by atoms with Crippen LogP contribution in [-0.2, 0) is 11.3 Å². The molecular formula is C20H28N2O3. The molecule has 0 bridgehead atoms. The molecule has 0 N–H and O–H groups in total. The highest BCUT2D eigenvalue weighted by Crippen LogP contribution is 2.25. The molecule has 0 spiro atoms. The molecule has 2 aromatic rings. The third kappa shape index (κ3) is 5.08. The van der Waals surface area contributed by atoms with E-state index < -0.39 is 0 Å². The molecule has 2 heterocycles. The van der Waals surface area contributed by atoms with Crippen molar-refractivity contribution in [1.82, 2.24) is 9.80 Å². The molecule has 5 heteroatoms. The molecule has 136 valence electrons. The van der Waals surface area contributed by atoms with Crippen LogP contribution in [0.5, 0.6) is 5.75 Å². The normalized spacial score (nSPS) is 16.2. The zero-order valence-electron chi connectivity index (χ0n) is 15.2. The van der Waals surface area contributed by atoms with Crippen LogP contribution >= 0.6 is 0 Å². The molecular weight excluding hydrogens is 316 g/mol. The van der Waals surface area contributed by atoms with E-state index in [1.54, 1.807) is 7.11 Å². The summed E-state index contributed by atoms with van der Waals surface area (Å²) in [6.45, 7) is 9.70. The smallest absolute Gasteiger partial charge is 0.134 e. The maximum absolute atomic E-state index is 6.05. The number of benzene rings is 1. The minimum Gasteiger partial charge on any atom is -0.494 e. The van der Waals surface area contributed by atoms with Crippen LogP contribution in [-0.4, -0.2) is 62.8 Å². The van der Waals surface area contributed by atoms with Crippen LogP contribution in [0.2, 0.25) is 0 Å². The molecule has 1 aromatic heterocycles. The molecule has 1 fully saturated rings. The van der Waals surface area contributed by atoms with Gasteiger partial charge in [0.25, 0.3) is 0 Å². The first-order valence-electron chi connectivity index (χ1n) is 9.04. The fourth-order valence-corrected chi connectivity index (χ4v) is 3.11. The van der Waals surface area contributed by atoms with Gasteiger partial charge in [-0.05, 0) is 43.3 Å². The second-order valence-electron chi connectivity index (χ2n) is 6.33. The second kappa shape index (κ2) is 9.04. The van der Waals surface area contributed by atoms with Gasteiger partial charge in [-0.25, -0.2) is 0 Å². The lowest BCUT2D eigenvalue weighted by Gasteiger charge is -2.34. The van der Waals surface area contributed by atoms with E-state index in [4.69, 9.17) is 13.9 Å². The predicted molar refractivity (Wildman–Crippen MR) is 98.9 cm³/mol. The van der Waals surface area contributed by atoms with E-state index >= 15 is 0 Å². The number of methoxy groups -OCH3 is 1. The molecule has 1 aromatic carbocycles. The highest BCUT2D eigenvalue weighted by molar-refractivity contribution is 5.58. The number of hydrogen-bond donors (Lipinski definition) is 0. The van der Waals surface area contributed by atoms with Crippen molar-refractivity contribution in [2.24, 2.45) is 0 Å². The van der Waals surface area contributed by atoms with E-state index in [1.807, 2.05) is 31.2 Å². The highest BCUT2D eigenvalue weighted by Gasteiger charge is 2.17. The number of piperazine rings is 1. The molecule has 0 saturated carbocycles. The van der Waals surface area contributed by atoms with Crippen LogP contribution in [0.15, 0.2) is 40.8 Å². The molecule has 0 amide bonds. The Morgan fingerprint density at radius 1 is 0.960 bits per heavy atom. The van der Waals surface area contributed by atoms with Crippen molar-refractivity contribution >= 4 is 0 Å². The molecule has 1 aliphatic heterocycles. The van der Waals surface area contributed by atoms with Gasteiger partial charge in [0.05, 0.1) is 19.8 Å². The third-order valence-corrected chi connectivity index (χ3v) is 4.57. The zero-order chi connectivity index (χ0) is 17.5. The lowest BCUT2D eigenvalue weighted by atomic mass is 10.2.